The summed E-state index contributed by atoms with van der Waals surface area (Å²) in [6, 6.07) is 3.47. The van der Waals surface area contributed by atoms with Crippen LogP contribution in [-0.4, -0.2) is 59.2 Å². The number of hydrogen-bond acceptors (Lipinski definition) is 6. The lowest BCUT2D eigenvalue weighted by Gasteiger charge is -2.22. The molecule has 2 aliphatic rings. The van der Waals surface area contributed by atoms with Crippen LogP contribution in [0.5, 0.6) is 0 Å². The second-order valence-corrected chi connectivity index (χ2v) is 8.22. The molecule has 152 valence electrons. The van der Waals surface area contributed by atoms with Gasteiger partial charge in [0.1, 0.15) is 18.0 Å². The zero-order chi connectivity index (χ0) is 20.5. The Hall–Kier alpha value is -2.84. The number of rotatable bonds is 4. The van der Waals surface area contributed by atoms with Crippen LogP contribution >= 0.6 is 0 Å². The summed E-state index contributed by atoms with van der Waals surface area (Å²) in [6.07, 6.45) is 3.75. The molecule has 0 unspecified atom stereocenters. The van der Waals surface area contributed by atoms with E-state index in [0.29, 0.717) is 11.5 Å². The fraction of sp³-hybridized carbons (Fsp3) is 0.579. The maximum atomic E-state index is 12.0. The third-order valence-electron chi connectivity index (χ3n) is 4.75. The molecule has 0 aromatic carbocycles. The second kappa shape index (κ2) is 7.65. The van der Waals surface area contributed by atoms with Crippen LogP contribution in [0.1, 0.15) is 40.0 Å². The van der Waals surface area contributed by atoms with E-state index < -0.39 is 11.7 Å². The van der Waals surface area contributed by atoms with Crippen molar-refractivity contribution < 1.29 is 19.1 Å². The van der Waals surface area contributed by atoms with E-state index in [0.717, 1.165) is 24.2 Å². The van der Waals surface area contributed by atoms with Crippen LogP contribution in [0.15, 0.2) is 18.3 Å². The number of hydrogen-bond donors (Lipinski definition) is 2. The van der Waals surface area contributed by atoms with Gasteiger partial charge in [0.15, 0.2) is 0 Å². The number of ether oxygens (including phenoxy) is 1. The number of pyridine rings is 1. The molecule has 28 heavy (non-hydrogen) atoms. The molecule has 1 aromatic heterocycles. The fourth-order valence-corrected chi connectivity index (χ4v) is 3.36. The summed E-state index contributed by atoms with van der Waals surface area (Å²) in [5.74, 6) is 0.458. The Morgan fingerprint density at radius 1 is 1.21 bits per heavy atom. The van der Waals surface area contributed by atoms with Crippen molar-refractivity contribution >= 4 is 29.5 Å². The first kappa shape index (κ1) is 19.9. The lowest BCUT2D eigenvalue weighted by molar-refractivity contribution is -0.123. The summed E-state index contributed by atoms with van der Waals surface area (Å²) in [4.78, 5) is 42.4. The topological polar surface area (TPSA) is 104 Å². The summed E-state index contributed by atoms with van der Waals surface area (Å²) in [5, 5.41) is 6.26. The number of carbonyl (C=O) groups is 3. The Balaban J connectivity index is 1.51. The molecule has 2 fully saturated rings. The molecule has 1 saturated heterocycles. The molecule has 1 aromatic rings. The molecule has 9 nitrogen and oxygen atoms in total. The molecule has 1 aliphatic heterocycles. The maximum Gasteiger partial charge on any atom is 0.407 e. The normalized spacial score (nSPS) is 22.6. The highest BCUT2D eigenvalue weighted by atomic mass is 16.6. The number of urea groups is 1. The van der Waals surface area contributed by atoms with Crippen LogP contribution in [0.25, 0.3) is 0 Å². The number of likely N-dealkylation sites (N-methyl/N-ethyl adjacent to an activating group) is 1. The van der Waals surface area contributed by atoms with Crippen molar-refractivity contribution in [1.29, 1.82) is 0 Å². The van der Waals surface area contributed by atoms with Crippen LogP contribution in [-0.2, 0) is 9.53 Å². The van der Waals surface area contributed by atoms with Gasteiger partial charge in [-0.15, -0.1) is 0 Å². The van der Waals surface area contributed by atoms with Gasteiger partial charge in [0, 0.05) is 19.1 Å². The number of nitrogens with zero attached hydrogens (tertiary/aromatic N) is 3. The predicted molar refractivity (Wildman–Crippen MR) is 104 cm³/mol. The van der Waals surface area contributed by atoms with E-state index in [2.05, 4.69) is 15.6 Å². The number of amides is 4. The van der Waals surface area contributed by atoms with E-state index in [1.165, 1.54) is 11.9 Å². The summed E-state index contributed by atoms with van der Waals surface area (Å²) in [6.45, 7) is 5.55. The molecule has 2 N–H and O–H groups in total. The molecule has 0 bridgehead atoms. The van der Waals surface area contributed by atoms with Crippen molar-refractivity contribution in [2.24, 2.45) is 0 Å². The van der Waals surface area contributed by atoms with Crippen LogP contribution in [0, 0.1) is 0 Å². The first-order chi connectivity index (χ1) is 13.1. The average Bonchev–Trinajstić information content (AvgIpc) is 3.13. The highest BCUT2D eigenvalue weighted by molar-refractivity contribution is 6.11. The number of imide groups is 1. The minimum atomic E-state index is -0.512. The van der Waals surface area contributed by atoms with Gasteiger partial charge in [0.25, 0.3) is 0 Å². The van der Waals surface area contributed by atoms with Gasteiger partial charge < -0.3 is 15.4 Å². The average molecular weight is 389 g/mol. The second-order valence-electron chi connectivity index (χ2n) is 8.22. The molecule has 4 amide bonds. The first-order valence-electron chi connectivity index (χ1n) is 9.42. The minimum Gasteiger partial charge on any atom is -0.444 e. The minimum absolute atomic E-state index is 0.0322. The van der Waals surface area contributed by atoms with Crippen molar-refractivity contribution in [2.75, 3.05) is 23.8 Å². The van der Waals surface area contributed by atoms with Gasteiger partial charge in [0.05, 0.1) is 11.9 Å². The van der Waals surface area contributed by atoms with Gasteiger partial charge in [-0.3, -0.25) is 14.6 Å². The van der Waals surface area contributed by atoms with E-state index >= 15 is 0 Å². The summed E-state index contributed by atoms with van der Waals surface area (Å²) in [5.41, 5.74) is 0.0754. The molecule has 2 atom stereocenters. The van der Waals surface area contributed by atoms with E-state index in [9.17, 15) is 14.4 Å². The van der Waals surface area contributed by atoms with E-state index in [1.807, 2.05) is 20.8 Å². The Labute approximate surface area is 164 Å². The molecular formula is C19H27N5O4. The molecule has 0 spiro atoms. The molecule has 1 saturated carbocycles. The first-order valence-corrected chi connectivity index (χ1v) is 9.42. The van der Waals surface area contributed by atoms with Gasteiger partial charge in [-0.2, -0.15) is 0 Å². The largest absolute Gasteiger partial charge is 0.444 e. The Bertz CT molecular complexity index is 759. The monoisotopic (exact) mass is 389 g/mol. The third kappa shape index (κ3) is 4.71. The SMILES string of the molecule is CN1C(=O)CN(c2ccc(N[C@H]3CC[C@H](NC(=O)OC(C)(C)C)C3)nc2)C1=O. The van der Waals surface area contributed by atoms with Crippen LogP contribution in [0.2, 0.25) is 0 Å². The van der Waals surface area contributed by atoms with Crippen molar-refractivity contribution in [3.05, 3.63) is 18.3 Å². The van der Waals surface area contributed by atoms with E-state index in [4.69, 9.17) is 4.74 Å². The van der Waals surface area contributed by atoms with Crippen LogP contribution in [0.3, 0.4) is 0 Å². The molecular weight excluding hydrogens is 362 g/mol. The summed E-state index contributed by atoms with van der Waals surface area (Å²) in [7, 11) is 1.47. The summed E-state index contributed by atoms with van der Waals surface area (Å²) < 4.78 is 5.30. The van der Waals surface area contributed by atoms with Gasteiger partial charge in [0.2, 0.25) is 5.91 Å². The lowest BCUT2D eigenvalue weighted by atomic mass is 10.2. The van der Waals surface area contributed by atoms with Gasteiger partial charge in [-0.1, -0.05) is 0 Å². The van der Waals surface area contributed by atoms with Crippen molar-refractivity contribution in [3.8, 4) is 0 Å². The van der Waals surface area contributed by atoms with Crippen molar-refractivity contribution in [1.82, 2.24) is 15.2 Å². The van der Waals surface area contributed by atoms with Crippen molar-refractivity contribution in [3.63, 3.8) is 0 Å². The Morgan fingerprint density at radius 3 is 2.50 bits per heavy atom. The summed E-state index contributed by atoms with van der Waals surface area (Å²) >= 11 is 0. The van der Waals surface area contributed by atoms with Crippen LogP contribution < -0.4 is 15.5 Å². The number of nitrogens with one attached hydrogen (secondary N) is 2. The molecule has 2 heterocycles. The van der Waals surface area contributed by atoms with Gasteiger partial charge >= 0.3 is 12.1 Å². The molecule has 0 radical (unpaired) electrons. The van der Waals surface area contributed by atoms with E-state index in [-0.39, 0.29) is 30.6 Å². The Morgan fingerprint density at radius 2 is 1.93 bits per heavy atom. The maximum absolute atomic E-state index is 12.0. The highest BCUT2D eigenvalue weighted by Crippen LogP contribution is 2.25. The van der Waals surface area contributed by atoms with Crippen LogP contribution in [0.4, 0.5) is 21.1 Å². The zero-order valence-corrected chi connectivity index (χ0v) is 16.7. The Kier molecular flexibility index (Phi) is 5.44. The molecule has 9 heteroatoms. The predicted octanol–water partition coefficient (Wildman–Crippen LogP) is 2.34. The number of aromatic nitrogens is 1. The van der Waals surface area contributed by atoms with Gasteiger partial charge in [-0.05, 0) is 52.2 Å². The highest BCUT2D eigenvalue weighted by Gasteiger charge is 2.34. The number of alkyl carbamates (subject to hydrolysis) is 1. The van der Waals surface area contributed by atoms with Gasteiger partial charge in [-0.25, -0.2) is 14.6 Å². The third-order valence-corrected chi connectivity index (χ3v) is 4.75. The molecule has 3 rings (SSSR count). The number of anilines is 2. The lowest BCUT2D eigenvalue weighted by Crippen LogP contribution is -2.38. The zero-order valence-electron chi connectivity index (χ0n) is 16.7. The fourth-order valence-electron chi connectivity index (χ4n) is 3.36. The van der Waals surface area contributed by atoms with Crippen molar-refractivity contribution in [2.45, 2.75) is 57.7 Å². The van der Waals surface area contributed by atoms with E-state index in [1.54, 1.807) is 18.3 Å². The standard InChI is InChI=1S/C19H27N5O4/c1-19(2,3)28-17(26)22-13-6-5-12(9-13)21-15-8-7-14(10-20-15)24-11-16(25)23(4)18(24)27/h7-8,10,12-13H,5-6,9,11H2,1-4H3,(H,20,21)(H,22,26)/t12-,13-/m0/s1. The quantitative estimate of drug-likeness (QED) is 0.766. The molecule has 1 aliphatic carbocycles. The number of carbonyl (C=O) groups excluding carboxylic acids is 3. The smallest absolute Gasteiger partial charge is 0.407 e.